The number of carbonyl (C=O) groups excluding carboxylic acids is 1. The number of aliphatic hydroxyl groups excluding tert-OH is 1. The first kappa shape index (κ1) is 14.9. The van der Waals surface area contributed by atoms with E-state index in [1.165, 1.54) is 18.9 Å². The van der Waals surface area contributed by atoms with Gasteiger partial charge in [0.1, 0.15) is 10.4 Å². The van der Waals surface area contributed by atoms with E-state index in [9.17, 15) is 9.90 Å². The van der Waals surface area contributed by atoms with Crippen LogP contribution in [0.5, 0.6) is 0 Å². The Balaban J connectivity index is 2.89. The molecule has 0 aliphatic carbocycles. The summed E-state index contributed by atoms with van der Waals surface area (Å²) in [6, 6.07) is 8.00. The van der Waals surface area contributed by atoms with Gasteiger partial charge in [0, 0.05) is 0 Å². The number of esters is 1. The molecule has 2 N–H and O–H groups in total. The summed E-state index contributed by atoms with van der Waals surface area (Å²) >= 11 is 6.30. The molecule has 1 rings (SSSR count). The third-order valence-electron chi connectivity index (χ3n) is 2.37. The van der Waals surface area contributed by atoms with Gasteiger partial charge in [-0.15, -0.1) is 11.8 Å². The summed E-state index contributed by atoms with van der Waals surface area (Å²) in [5.74, 6) is -0.553. The Morgan fingerprint density at radius 1 is 1.44 bits per heavy atom. The molecule has 4 nitrogen and oxygen atoms in total. The molecule has 18 heavy (non-hydrogen) atoms. The third kappa shape index (κ3) is 3.97. The molecule has 1 aromatic carbocycles. The van der Waals surface area contributed by atoms with Gasteiger partial charge in [-0.05, 0) is 11.8 Å². The minimum absolute atomic E-state index is 0.431. The van der Waals surface area contributed by atoms with Crippen molar-refractivity contribution in [3.05, 3.63) is 35.9 Å². The van der Waals surface area contributed by atoms with E-state index in [-0.39, 0.29) is 0 Å². The number of thioether (sulfide) groups is 1. The number of methoxy groups -OCH3 is 1. The summed E-state index contributed by atoms with van der Waals surface area (Å²) in [7, 11) is 1.27. The maximum absolute atomic E-state index is 11.7. The summed E-state index contributed by atoms with van der Waals surface area (Å²) in [5.41, 5.74) is 0.629. The van der Waals surface area contributed by atoms with Crippen molar-refractivity contribution in [1.82, 2.24) is 5.32 Å². The molecule has 1 aromatic rings. The lowest BCUT2D eigenvalue weighted by molar-refractivity contribution is -0.145. The number of carbonyl (C=O) groups is 1. The maximum Gasteiger partial charge on any atom is 0.331 e. The zero-order valence-electron chi connectivity index (χ0n) is 10.1. The molecule has 0 saturated heterocycles. The highest BCUT2D eigenvalue weighted by Gasteiger charge is 2.29. The van der Waals surface area contributed by atoms with Crippen molar-refractivity contribution in [2.45, 2.75) is 12.1 Å². The van der Waals surface area contributed by atoms with Crippen LogP contribution in [0.3, 0.4) is 0 Å². The molecular weight excluding hydrogens is 270 g/mol. The van der Waals surface area contributed by atoms with Gasteiger partial charge < -0.3 is 15.2 Å². The molecule has 6 heteroatoms. The van der Waals surface area contributed by atoms with Crippen molar-refractivity contribution in [3.8, 4) is 0 Å². The summed E-state index contributed by atoms with van der Waals surface area (Å²) in [6.45, 7) is 0. The Hall–Kier alpha value is -1.11. The average Bonchev–Trinajstić information content (AvgIpc) is 2.43. The fourth-order valence-corrected chi connectivity index (χ4v) is 1.79. The van der Waals surface area contributed by atoms with Crippen LogP contribution in [0, 0.1) is 0 Å². The summed E-state index contributed by atoms with van der Waals surface area (Å²) < 4.78 is 5.10. The second-order valence-electron chi connectivity index (χ2n) is 3.49. The van der Waals surface area contributed by atoms with E-state index < -0.39 is 18.1 Å². The van der Waals surface area contributed by atoms with Crippen molar-refractivity contribution in [1.29, 1.82) is 0 Å². The zero-order valence-corrected chi connectivity index (χ0v) is 11.8. The highest BCUT2D eigenvalue weighted by molar-refractivity contribution is 8.22. The lowest BCUT2D eigenvalue weighted by Gasteiger charge is -2.22. The van der Waals surface area contributed by atoms with Gasteiger partial charge in [-0.3, -0.25) is 0 Å². The average molecular weight is 285 g/mol. The predicted molar refractivity (Wildman–Crippen MR) is 76.5 cm³/mol. The largest absolute Gasteiger partial charge is 0.467 e. The predicted octanol–water partition coefficient (Wildman–Crippen LogP) is 1.50. The van der Waals surface area contributed by atoms with Crippen molar-refractivity contribution < 1.29 is 14.6 Å². The number of hydrogen-bond acceptors (Lipinski definition) is 5. The highest BCUT2D eigenvalue weighted by Crippen LogP contribution is 2.18. The number of hydrogen-bond donors (Lipinski definition) is 2. The summed E-state index contributed by atoms with van der Waals surface area (Å²) in [5, 5.41) is 13.0. The topological polar surface area (TPSA) is 58.6 Å². The number of nitrogens with one attached hydrogen (secondary N) is 1. The number of rotatable bonds is 4. The van der Waals surface area contributed by atoms with Gasteiger partial charge in [0.05, 0.1) is 7.11 Å². The smallest absolute Gasteiger partial charge is 0.331 e. The number of ether oxygens (including phenoxy) is 1. The molecule has 0 amide bonds. The van der Waals surface area contributed by atoms with Gasteiger partial charge in [0.15, 0.2) is 6.04 Å². The minimum atomic E-state index is -1.01. The minimum Gasteiger partial charge on any atom is -0.467 e. The molecule has 0 heterocycles. The summed E-state index contributed by atoms with van der Waals surface area (Å²) in [6.07, 6.45) is 0.780. The van der Waals surface area contributed by atoms with E-state index in [4.69, 9.17) is 12.2 Å². The van der Waals surface area contributed by atoms with Crippen molar-refractivity contribution in [2.75, 3.05) is 13.4 Å². The van der Waals surface area contributed by atoms with Gasteiger partial charge >= 0.3 is 5.97 Å². The zero-order chi connectivity index (χ0) is 13.5. The number of aliphatic hydroxyl groups is 1. The molecule has 0 aromatic heterocycles. The fraction of sp³-hybridized carbons (Fsp3) is 0.333. The molecule has 0 radical (unpaired) electrons. The van der Waals surface area contributed by atoms with Gasteiger partial charge in [-0.25, -0.2) is 4.79 Å². The van der Waals surface area contributed by atoms with E-state index in [1.807, 2.05) is 6.07 Å². The quantitative estimate of drug-likeness (QED) is 0.646. The molecule has 0 aliphatic rings. The Labute approximate surface area is 116 Å². The van der Waals surface area contributed by atoms with Crippen LogP contribution >= 0.6 is 24.0 Å². The van der Waals surface area contributed by atoms with Crippen molar-refractivity contribution >= 4 is 34.3 Å². The fourth-order valence-electron chi connectivity index (χ4n) is 1.42. The van der Waals surface area contributed by atoms with Crippen LogP contribution in [0.25, 0.3) is 0 Å². The maximum atomic E-state index is 11.7. The number of benzene rings is 1. The van der Waals surface area contributed by atoms with Gasteiger partial charge in [0.25, 0.3) is 0 Å². The molecule has 0 unspecified atom stereocenters. The lowest BCUT2D eigenvalue weighted by atomic mass is 10.0. The summed E-state index contributed by atoms with van der Waals surface area (Å²) in [4.78, 5) is 11.7. The Morgan fingerprint density at radius 2 is 2.06 bits per heavy atom. The first-order chi connectivity index (χ1) is 8.60. The Bertz CT molecular complexity index is 411. The third-order valence-corrected chi connectivity index (χ3v) is 3.48. The molecule has 0 aliphatic heterocycles. The second-order valence-corrected chi connectivity index (χ2v) is 4.98. The first-order valence-corrected chi connectivity index (χ1v) is 6.88. The molecule has 98 valence electrons. The monoisotopic (exact) mass is 285 g/mol. The van der Waals surface area contributed by atoms with E-state index in [2.05, 4.69) is 10.1 Å². The van der Waals surface area contributed by atoms with Gasteiger partial charge in [-0.1, -0.05) is 42.5 Å². The molecule has 0 spiro atoms. The van der Waals surface area contributed by atoms with Crippen LogP contribution in [-0.4, -0.2) is 34.8 Å². The van der Waals surface area contributed by atoms with Crippen molar-refractivity contribution in [3.63, 3.8) is 0 Å². The molecule has 2 atom stereocenters. The molecule has 0 saturated carbocycles. The molecule has 0 bridgehead atoms. The van der Waals surface area contributed by atoms with E-state index >= 15 is 0 Å². The van der Waals surface area contributed by atoms with Crippen LogP contribution in [0.1, 0.15) is 11.7 Å². The molecular formula is C12H15NO3S2. The normalized spacial score (nSPS) is 13.5. The van der Waals surface area contributed by atoms with E-state index in [1.54, 1.807) is 30.5 Å². The van der Waals surface area contributed by atoms with Crippen molar-refractivity contribution in [2.24, 2.45) is 0 Å². The SMILES string of the molecule is COC(=O)[C@@H](NC(=S)SC)[C@H](O)c1ccccc1. The standard InChI is InChI=1S/C12H15NO3S2/c1-16-11(15)9(13-12(17)18-2)10(14)8-6-4-3-5-7-8/h3-7,9-10,14H,1-2H3,(H,13,17)/t9-,10+/m0/s1. The van der Waals surface area contributed by atoms with Crippen LogP contribution in [0.15, 0.2) is 30.3 Å². The van der Waals surface area contributed by atoms with Gasteiger partial charge in [-0.2, -0.15) is 0 Å². The first-order valence-electron chi connectivity index (χ1n) is 5.25. The van der Waals surface area contributed by atoms with Gasteiger partial charge in [0.2, 0.25) is 0 Å². The molecule has 0 fully saturated rings. The van der Waals surface area contributed by atoms with E-state index in [0.29, 0.717) is 9.88 Å². The van der Waals surface area contributed by atoms with Crippen LogP contribution < -0.4 is 5.32 Å². The second kappa shape index (κ2) is 7.35. The number of thiocarbonyl (C=S) groups is 1. The lowest BCUT2D eigenvalue weighted by Crippen LogP contribution is -2.44. The highest BCUT2D eigenvalue weighted by atomic mass is 32.2. The Kier molecular flexibility index (Phi) is 6.11. The van der Waals surface area contributed by atoms with Crippen LogP contribution in [-0.2, 0) is 9.53 Å². The Morgan fingerprint density at radius 3 is 2.56 bits per heavy atom. The van der Waals surface area contributed by atoms with Crippen LogP contribution in [0.2, 0.25) is 0 Å². The van der Waals surface area contributed by atoms with Crippen LogP contribution in [0.4, 0.5) is 0 Å². The van der Waals surface area contributed by atoms with E-state index in [0.717, 1.165) is 0 Å².